The predicted octanol–water partition coefficient (Wildman–Crippen LogP) is 3.45. The Morgan fingerprint density at radius 1 is 0.905 bits per heavy atom. The van der Waals surface area contributed by atoms with Crippen LogP contribution < -0.4 is 9.47 Å². The molecule has 0 heterocycles. The van der Waals surface area contributed by atoms with Crippen LogP contribution in [0, 0.1) is 0 Å². The molecule has 0 fully saturated rings. The molecule has 0 bridgehead atoms. The molecule has 0 aromatic heterocycles. The second kappa shape index (κ2) is 7.33. The fourth-order valence-electron chi connectivity index (χ4n) is 1.82. The first-order chi connectivity index (χ1) is 10.2. The number of hydrogen-bond donors (Lipinski definition) is 0. The quantitative estimate of drug-likeness (QED) is 0.763. The molecule has 0 aliphatic carbocycles. The third-order valence-electron chi connectivity index (χ3n) is 2.92. The Kier molecular flexibility index (Phi) is 5.21. The Hall–Kier alpha value is -2.49. The molecule has 4 heteroatoms. The summed E-state index contributed by atoms with van der Waals surface area (Å²) >= 11 is 0. The molecule has 0 aliphatic heterocycles. The second-order valence-corrected chi connectivity index (χ2v) is 4.38. The van der Waals surface area contributed by atoms with Gasteiger partial charge in [0.25, 0.3) is 0 Å². The van der Waals surface area contributed by atoms with E-state index in [9.17, 15) is 4.79 Å². The number of ether oxygens (including phenoxy) is 3. The van der Waals surface area contributed by atoms with Crippen LogP contribution in [0.15, 0.2) is 48.5 Å². The second-order valence-electron chi connectivity index (χ2n) is 4.38. The van der Waals surface area contributed by atoms with E-state index in [1.165, 1.54) is 7.11 Å². The molecule has 4 nitrogen and oxygen atoms in total. The molecule has 0 N–H and O–H groups in total. The van der Waals surface area contributed by atoms with Gasteiger partial charge in [-0.1, -0.05) is 12.1 Å². The van der Waals surface area contributed by atoms with Crippen molar-refractivity contribution in [3.63, 3.8) is 0 Å². The standard InChI is InChI=1S/C17H18O4/c1-3-20-15-8-10-16(11-9-15)21-12-13-4-6-14(7-5-13)17(18)19-2/h4-11H,3,12H2,1-2H3. The Labute approximate surface area is 124 Å². The van der Waals surface area contributed by atoms with Crippen LogP contribution in [-0.4, -0.2) is 19.7 Å². The van der Waals surface area contributed by atoms with Crippen LogP contribution in [0.1, 0.15) is 22.8 Å². The number of hydrogen-bond acceptors (Lipinski definition) is 4. The average Bonchev–Trinajstić information content (AvgIpc) is 2.54. The van der Waals surface area contributed by atoms with Crippen molar-refractivity contribution >= 4 is 5.97 Å². The van der Waals surface area contributed by atoms with E-state index >= 15 is 0 Å². The molecule has 21 heavy (non-hydrogen) atoms. The van der Waals surface area contributed by atoms with Crippen LogP contribution in [0.2, 0.25) is 0 Å². The van der Waals surface area contributed by atoms with Crippen molar-refractivity contribution in [1.29, 1.82) is 0 Å². The monoisotopic (exact) mass is 286 g/mol. The predicted molar refractivity (Wildman–Crippen MR) is 79.7 cm³/mol. The van der Waals surface area contributed by atoms with Crippen molar-refractivity contribution in [2.75, 3.05) is 13.7 Å². The van der Waals surface area contributed by atoms with Gasteiger partial charge >= 0.3 is 5.97 Å². The van der Waals surface area contributed by atoms with Gasteiger partial charge < -0.3 is 14.2 Å². The maximum absolute atomic E-state index is 11.3. The highest BCUT2D eigenvalue weighted by Gasteiger charge is 2.04. The molecular weight excluding hydrogens is 268 g/mol. The fraction of sp³-hybridized carbons (Fsp3) is 0.235. The highest BCUT2D eigenvalue weighted by atomic mass is 16.5. The van der Waals surface area contributed by atoms with Gasteiger partial charge in [0, 0.05) is 0 Å². The minimum atomic E-state index is -0.339. The summed E-state index contributed by atoms with van der Waals surface area (Å²) in [5, 5.41) is 0. The lowest BCUT2D eigenvalue weighted by Crippen LogP contribution is -2.02. The van der Waals surface area contributed by atoms with Crippen molar-refractivity contribution in [3.8, 4) is 11.5 Å². The summed E-state index contributed by atoms with van der Waals surface area (Å²) < 4.78 is 15.7. The molecule has 110 valence electrons. The van der Waals surface area contributed by atoms with E-state index in [4.69, 9.17) is 9.47 Å². The number of benzene rings is 2. The van der Waals surface area contributed by atoms with Gasteiger partial charge in [0.2, 0.25) is 0 Å². The zero-order valence-corrected chi connectivity index (χ0v) is 12.2. The molecule has 0 aliphatic rings. The lowest BCUT2D eigenvalue weighted by atomic mass is 10.1. The molecule has 2 aromatic rings. The summed E-state index contributed by atoms with van der Waals surface area (Å²) in [6.07, 6.45) is 0. The van der Waals surface area contributed by atoms with Crippen LogP contribution in [0.5, 0.6) is 11.5 Å². The minimum absolute atomic E-state index is 0.339. The zero-order valence-electron chi connectivity index (χ0n) is 12.2. The molecule has 0 spiro atoms. The maximum atomic E-state index is 11.3. The van der Waals surface area contributed by atoms with Crippen molar-refractivity contribution in [3.05, 3.63) is 59.7 Å². The highest BCUT2D eigenvalue weighted by molar-refractivity contribution is 5.89. The van der Waals surface area contributed by atoms with E-state index < -0.39 is 0 Å². The van der Waals surface area contributed by atoms with Gasteiger partial charge in [0.15, 0.2) is 0 Å². The Morgan fingerprint density at radius 3 is 2.00 bits per heavy atom. The lowest BCUT2D eigenvalue weighted by Gasteiger charge is -2.08. The van der Waals surface area contributed by atoms with Crippen LogP contribution >= 0.6 is 0 Å². The van der Waals surface area contributed by atoms with E-state index in [2.05, 4.69) is 4.74 Å². The van der Waals surface area contributed by atoms with Crippen LogP contribution in [0.3, 0.4) is 0 Å². The van der Waals surface area contributed by atoms with E-state index in [0.717, 1.165) is 17.1 Å². The van der Waals surface area contributed by atoms with E-state index in [-0.39, 0.29) is 5.97 Å². The molecule has 0 saturated carbocycles. The summed E-state index contributed by atoms with van der Waals surface area (Å²) in [6, 6.07) is 14.6. The fourth-order valence-corrected chi connectivity index (χ4v) is 1.82. The molecule has 0 radical (unpaired) electrons. The van der Waals surface area contributed by atoms with Crippen molar-refractivity contribution < 1.29 is 19.0 Å². The number of carbonyl (C=O) groups is 1. The first kappa shape index (κ1) is 14.9. The van der Waals surface area contributed by atoms with Crippen molar-refractivity contribution in [2.45, 2.75) is 13.5 Å². The normalized spacial score (nSPS) is 10.0. The van der Waals surface area contributed by atoms with Gasteiger partial charge in [-0.15, -0.1) is 0 Å². The van der Waals surface area contributed by atoms with Crippen molar-refractivity contribution in [1.82, 2.24) is 0 Å². The summed E-state index contributed by atoms with van der Waals surface area (Å²) in [5.41, 5.74) is 1.51. The summed E-state index contributed by atoms with van der Waals surface area (Å²) in [5.74, 6) is 1.26. The van der Waals surface area contributed by atoms with Gasteiger partial charge in [0.1, 0.15) is 18.1 Å². The van der Waals surface area contributed by atoms with Gasteiger partial charge in [0.05, 0.1) is 19.3 Å². The molecule has 2 rings (SSSR count). The third-order valence-corrected chi connectivity index (χ3v) is 2.92. The Bertz CT molecular complexity index is 573. The summed E-state index contributed by atoms with van der Waals surface area (Å²) in [6.45, 7) is 3.03. The first-order valence-corrected chi connectivity index (χ1v) is 6.76. The Balaban J connectivity index is 1.91. The van der Waals surface area contributed by atoms with Crippen LogP contribution in [0.4, 0.5) is 0 Å². The topological polar surface area (TPSA) is 44.8 Å². The minimum Gasteiger partial charge on any atom is -0.494 e. The largest absolute Gasteiger partial charge is 0.494 e. The van der Waals surface area contributed by atoms with Gasteiger partial charge in [-0.2, -0.15) is 0 Å². The number of rotatable bonds is 6. The number of esters is 1. The summed E-state index contributed by atoms with van der Waals surface area (Å²) in [7, 11) is 1.37. The SMILES string of the molecule is CCOc1ccc(OCc2ccc(C(=O)OC)cc2)cc1. The van der Waals surface area contributed by atoms with E-state index in [0.29, 0.717) is 18.8 Å². The lowest BCUT2D eigenvalue weighted by molar-refractivity contribution is 0.0600. The average molecular weight is 286 g/mol. The van der Waals surface area contributed by atoms with Crippen LogP contribution in [-0.2, 0) is 11.3 Å². The van der Waals surface area contributed by atoms with E-state index in [1.807, 2.05) is 43.3 Å². The molecule has 0 atom stereocenters. The number of carbonyl (C=O) groups excluding carboxylic acids is 1. The highest BCUT2D eigenvalue weighted by Crippen LogP contribution is 2.18. The molecule has 2 aromatic carbocycles. The van der Waals surface area contributed by atoms with Crippen LogP contribution in [0.25, 0.3) is 0 Å². The van der Waals surface area contributed by atoms with E-state index in [1.54, 1.807) is 12.1 Å². The van der Waals surface area contributed by atoms with Gasteiger partial charge in [-0.25, -0.2) is 4.79 Å². The maximum Gasteiger partial charge on any atom is 0.337 e. The third kappa shape index (κ3) is 4.24. The van der Waals surface area contributed by atoms with Crippen molar-refractivity contribution in [2.24, 2.45) is 0 Å². The zero-order chi connectivity index (χ0) is 15.1. The molecule has 0 amide bonds. The Morgan fingerprint density at radius 2 is 1.48 bits per heavy atom. The molecule has 0 unspecified atom stereocenters. The van der Waals surface area contributed by atoms with Gasteiger partial charge in [-0.05, 0) is 48.9 Å². The molecular formula is C17H18O4. The van der Waals surface area contributed by atoms with Gasteiger partial charge in [-0.3, -0.25) is 0 Å². The molecule has 0 saturated heterocycles. The first-order valence-electron chi connectivity index (χ1n) is 6.76. The smallest absolute Gasteiger partial charge is 0.337 e. The summed E-state index contributed by atoms with van der Waals surface area (Å²) in [4.78, 5) is 11.3. The number of methoxy groups -OCH3 is 1.